The van der Waals surface area contributed by atoms with Crippen molar-refractivity contribution in [1.82, 2.24) is 10.2 Å². The number of rotatable bonds is 1. The Morgan fingerprint density at radius 2 is 1.52 bits per heavy atom. The van der Waals surface area contributed by atoms with Gasteiger partial charge in [-0.25, -0.2) is 0 Å². The molecule has 3 rings (SSSR count). The summed E-state index contributed by atoms with van der Waals surface area (Å²) in [7, 11) is 0. The van der Waals surface area contributed by atoms with Crippen LogP contribution in [0.5, 0.6) is 0 Å². The molecule has 1 aliphatic heterocycles. The summed E-state index contributed by atoms with van der Waals surface area (Å²) in [6, 6.07) is 0.809. The standard InChI is InChI=1S/C19H36N2/c1-17(2)12-16(13-18(3,4)14-17)21-11-10-20-15-19(21)8-6-5-7-9-19/h16,20H,5-15H2,1-4H3. The zero-order valence-corrected chi connectivity index (χ0v) is 14.8. The maximum absolute atomic E-state index is 3.71. The first kappa shape index (κ1) is 15.8. The lowest BCUT2D eigenvalue weighted by Gasteiger charge is -2.57. The van der Waals surface area contributed by atoms with Crippen molar-refractivity contribution in [2.24, 2.45) is 10.8 Å². The Bertz CT molecular complexity index is 341. The zero-order valence-electron chi connectivity index (χ0n) is 14.8. The van der Waals surface area contributed by atoms with Gasteiger partial charge in [-0.3, -0.25) is 4.90 Å². The van der Waals surface area contributed by atoms with Gasteiger partial charge in [0.1, 0.15) is 0 Å². The molecule has 0 aromatic rings. The van der Waals surface area contributed by atoms with Crippen LogP contribution in [0, 0.1) is 10.8 Å². The molecule has 2 saturated carbocycles. The highest BCUT2D eigenvalue weighted by molar-refractivity contribution is 5.03. The summed E-state index contributed by atoms with van der Waals surface area (Å²) < 4.78 is 0. The lowest BCUT2D eigenvalue weighted by atomic mass is 9.62. The van der Waals surface area contributed by atoms with E-state index in [4.69, 9.17) is 0 Å². The molecule has 122 valence electrons. The highest BCUT2D eigenvalue weighted by atomic mass is 15.3. The summed E-state index contributed by atoms with van der Waals surface area (Å²) in [6.45, 7) is 13.7. The lowest BCUT2D eigenvalue weighted by molar-refractivity contribution is -0.0595. The SMILES string of the molecule is CC1(C)CC(N2CCNCC23CCCCC3)CC(C)(C)C1. The lowest BCUT2D eigenvalue weighted by Crippen LogP contribution is -2.66. The molecule has 21 heavy (non-hydrogen) atoms. The van der Waals surface area contributed by atoms with Crippen molar-refractivity contribution in [3.05, 3.63) is 0 Å². The van der Waals surface area contributed by atoms with Crippen molar-refractivity contribution in [2.45, 2.75) is 90.6 Å². The number of piperazine rings is 1. The molecule has 2 aliphatic carbocycles. The van der Waals surface area contributed by atoms with Crippen LogP contribution in [0.1, 0.15) is 79.1 Å². The number of nitrogens with one attached hydrogen (secondary N) is 1. The van der Waals surface area contributed by atoms with Crippen LogP contribution in [-0.4, -0.2) is 36.1 Å². The van der Waals surface area contributed by atoms with E-state index < -0.39 is 0 Å². The van der Waals surface area contributed by atoms with E-state index in [1.165, 1.54) is 71.0 Å². The third-order valence-corrected chi connectivity index (χ3v) is 6.35. The molecule has 1 saturated heterocycles. The van der Waals surface area contributed by atoms with E-state index in [0.29, 0.717) is 16.4 Å². The summed E-state index contributed by atoms with van der Waals surface area (Å²) in [5.74, 6) is 0. The normalized spacial score (nSPS) is 33.1. The number of hydrogen-bond donors (Lipinski definition) is 1. The van der Waals surface area contributed by atoms with Crippen LogP contribution in [0.3, 0.4) is 0 Å². The van der Waals surface area contributed by atoms with Crippen LogP contribution in [0.2, 0.25) is 0 Å². The van der Waals surface area contributed by atoms with Crippen LogP contribution in [-0.2, 0) is 0 Å². The predicted molar refractivity (Wildman–Crippen MR) is 90.6 cm³/mol. The van der Waals surface area contributed by atoms with Crippen molar-refractivity contribution in [1.29, 1.82) is 0 Å². The fourth-order valence-corrected chi connectivity index (χ4v) is 6.11. The first-order valence-electron chi connectivity index (χ1n) is 9.30. The Balaban J connectivity index is 1.82. The molecule has 2 heteroatoms. The molecule has 0 aromatic heterocycles. The minimum Gasteiger partial charge on any atom is -0.314 e. The van der Waals surface area contributed by atoms with Crippen LogP contribution < -0.4 is 5.32 Å². The fourth-order valence-electron chi connectivity index (χ4n) is 6.11. The van der Waals surface area contributed by atoms with Crippen LogP contribution >= 0.6 is 0 Å². The summed E-state index contributed by atoms with van der Waals surface area (Å²) in [4.78, 5) is 2.98. The van der Waals surface area contributed by atoms with Gasteiger partial charge in [0.05, 0.1) is 0 Å². The molecule has 2 nitrogen and oxygen atoms in total. The Hall–Kier alpha value is -0.0800. The molecule has 0 radical (unpaired) electrons. The van der Waals surface area contributed by atoms with Gasteiger partial charge >= 0.3 is 0 Å². The molecule has 0 aromatic carbocycles. The summed E-state index contributed by atoms with van der Waals surface area (Å²) in [5.41, 5.74) is 1.50. The maximum atomic E-state index is 3.71. The summed E-state index contributed by atoms with van der Waals surface area (Å²) >= 11 is 0. The highest BCUT2D eigenvalue weighted by Gasteiger charge is 2.47. The van der Waals surface area contributed by atoms with Gasteiger partial charge in [-0.2, -0.15) is 0 Å². The summed E-state index contributed by atoms with van der Waals surface area (Å²) in [5, 5.41) is 3.71. The molecular weight excluding hydrogens is 256 g/mol. The third-order valence-electron chi connectivity index (χ3n) is 6.35. The van der Waals surface area contributed by atoms with Gasteiger partial charge in [0.25, 0.3) is 0 Å². The van der Waals surface area contributed by atoms with Gasteiger partial charge < -0.3 is 5.32 Å². The number of hydrogen-bond acceptors (Lipinski definition) is 2. The van der Waals surface area contributed by atoms with Crippen LogP contribution in [0.15, 0.2) is 0 Å². The van der Waals surface area contributed by atoms with Gasteiger partial charge in [0, 0.05) is 31.2 Å². The van der Waals surface area contributed by atoms with Gasteiger partial charge in [-0.15, -0.1) is 0 Å². The second-order valence-corrected chi connectivity index (χ2v) is 9.72. The molecule has 1 spiro atoms. The Morgan fingerprint density at radius 1 is 0.905 bits per heavy atom. The molecule has 3 aliphatic rings. The third kappa shape index (κ3) is 3.32. The van der Waals surface area contributed by atoms with E-state index in [1.54, 1.807) is 0 Å². The van der Waals surface area contributed by atoms with E-state index in [1.807, 2.05) is 0 Å². The average molecular weight is 293 g/mol. The van der Waals surface area contributed by atoms with E-state index in [2.05, 4.69) is 37.9 Å². The van der Waals surface area contributed by atoms with Crippen molar-refractivity contribution in [3.8, 4) is 0 Å². The topological polar surface area (TPSA) is 15.3 Å². The van der Waals surface area contributed by atoms with Crippen molar-refractivity contribution in [2.75, 3.05) is 19.6 Å². The monoisotopic (exact) mass is 292 g/mol. The molecular formula is C19H36N2. The first-order chi connectivity index (χ1) is 9.82. The largest absolute Gasteiger partial charge is 0.314 e. The molecule has 0 atom stereocenters. The molecule has 1 heterocycles. The van der Waals surface area contributed by atoms with E-state index in [9.17, 15) is 0 Å². The molecule has 0 unspecified atom stereocenters. The van der Waals surface area contributed by atoms with Gasteiger partial charge in [0.15, 0.2) is 0 Å². The van der Waals surface area contributed by atoms with Crippen molar-refractivity contribution in [3.63, 3.8) is 0 Å². The first-order valence-corrected chi connectivity index (χ1v) is 9.30. The van der Waals surface area contributed by atoms with Crippen molar-refractivity contribution < 1.29 is 0 Å². The van der Waals surface area contributed by atoms with Crippen LogP contribution in [0.4, 0.5) is 0 Å². The molecule has 0 bridgehead atoms. The average Bonchev–Trinajstić information content (AvgIpc) is 2.36. The summed E-state index contributed by atoms with van der Waals surface area (Å²) in [6.07, 6.45) is 11.4. The fraction of sp³-hybridized carbons (Fsp3) is 1.00. The van der Waals surface area contributed by atoms with E-state index >= 15 is 0 Å². The number of nitrogens with zero attached hydrogens (tertiary/aromatic N) is 1. The second kappa shape index (κ2) is 5.53. The highest BCUT2D eigenvalue weighted by Crippen LogP contribution is 2.49. The van der Waals surface area contributed by atoms with Gasteiger partial charge in [0.2, 0.25) is 0 Å². The predicted octanol–water partition coefficient (Wildman–Crippen LogP) is 4.20. The van der Waals surface area contributed by atoms with E-state index in [-0.39, 0.29) is 0 Å². The Labute approximate surface area is 132 Å². The van der Waals surface area contributed by atoms with Gasteiger partial charge in [-0.1, -0.05) is 47.0 Å². The van der Waals surface area contributed by atoms with Crippen LogP contribution in [0.25, 0.3) is 0 Å². The maximum Gasteiger partial charge on any atom is 0.0337 e. The zero-order chi connectivity index (χ0) is 15.1. The molecule has 0 amide bonds. The smallest absolute Gasteiger partial charge is 0.0337 e. The molecule has 3 fully saturated rings. The van der Waals surface area contributed by atoms with Crippen molar-refractivity contribution >= 4 is 0 Å². The van der Waals surface area contributed by atoms with Gasteiger partial charge in [-0.05, 0) is 42.9 Å². The molecule has 1 N–H and O–H groups in total. The Kier molecular flexibility index (Phi) is 4.16. The van der Waals surface area contributed by atoms with E-state index in [0.717, 1.165) is 6.04 Å². The quantitative estimate of drug-likeness (QED) is 0.779. The minimum absolute atomic E-state index is 0.491. The Morgan fingerprint density at radius 3 is 2.14 bits per heavy atom. The second-order valence-electron chi connectivity index (χ2n) is 9.72. The minimum atomic E-state index is 0.491.